The minimum Gasteiger partial charge on any atom is -0.494 e. The van der Waals surface area contributed by atoms with Crippen LogP contribution in [0, 0.1) is 6.92 Å². The number of methoxy groups -OCH3 is 1. The Balaban J connectivity index is 1.89. The van der Waals surface area contributed by atoms with Gasteiger partial charge >= 0.3 is 0 Å². The van der Waals surface area contributed by atoms with Gasteiger partial charge in [-0.05, 0) is 31.2 Å². The maximum Gasteiger partial charge on any atom is 0.229 e. The number of ether oxygens (including phenoxy) is 1. The topological polar surface area (TPSA) is 97.2 Å². The number of carbonyl (C=O) groups excluding carboxylic acids is 1. The number of nitrogens with one attached hydrogen (secondary N) is 2. The number of hydrogen-bond acceptors (Lipinski definition) is 7. The lowest BCUT2D eigenvalue weighted by Crippen LogP contribution is -2.23. The predicted octanol–water partition coefficient (Wildman–Crippen LogP) is 2.74. The van der Waals surface area contributed by atoms with Crippen LogP contribution < -0.4 is 15.4 Å². The van der Waals surface area contributed by atoms with E-state index in [1.807, 2.05) is 50.5 Å². The maximum absolute atomic E-state index is 11.5. The van der Waals surface area contributed by atoms with Gasteiger partial charge in [-0.1, -0.05) is 0 Å². The number of aromatic nitrogens is 4. The van der Waals surface area contributed by atoms with Gasteiger partial charge in [0.15, 0.2) is 0 Å². The lowest BCUT2D eigenvalue weighted by atomic mass is 10.2. The van der Waals surface area contributed by atoms with Crippen molar-refractivity contribution in [3.63, 3.8) is 0 Å². The molecule has 0 atom stereocenters. The zero-order valence-corrected chi connectivity index (χ0v) is 17.2. The second kappa shape index (κ2) is 8.59. The highest BCUT2D eigenvalue weighted by atomic mass is 16.5. The fourth-order valence-corrected chi connectivity index (χ4v) is 2.76. The SMILES string of the molecule is CNc1cc(C)nc(Nc2ccc(OC)c(-n3ccc(CN(C)C(C)=O)n3)c2)n1. The minimum absolute atomic E-state index is 0.0116. The molecule has 0 aliphatic heterocycles. The van der Waals surface area contributed by atoms with Crippen LogP contribution in [0.5, 0.6) is 5.75 Å². The van der Waals surface area contributed by atoms with E-state index in [0.29, 0.717) is 18.2 Å². The lowest BCUT2D eigenvalue weighted by molar-refractivity contribution is -0.128. The molecule has 3 rings (SSSR count). The molecule has 2 heterocycles. The molecular formula is C20H25N7O2. The Bertz CT molecular complexity index is 1020. The Morgan fingerprint density at radius 1 is 1.24 bits per heavy atom. The van der Waals surface area contributed by atoms with E-state index in [1.54, 1.807) is 23.7 Å². The fourth-order valence-electron chi connectivity index (χ4n) is 2.76. The molecular weight excluding hydrogens is 370 g/mol. The number of aryl methyl sites for hydroxylation is 1. The number of nitrogens with zero attached hydrogens (tertiary/aromatic N) is 5. The highest BCUT2D eigenvalue weighted by molar-refractivity contribution is 5.72. The molecule has 0 saturated carbocycles. The van der Waals surface area contributed by atoms with Crippen molar-refractivity contribution in [2.24, 2.45) is 0 Å². The summed E-state index contributed by atoms with van der Waals surface area (Å²) in [6, 6.07) is 9.40. The highest BCUT2D eigenvalue weighted by Crippen LogP contribution is 2.27. The molecule has 1 amide bonds. The van der Waals surface area contributed by atoms with Crippen LogP contribution in [0.1, 0.15) is 18.3 Å². The molecule has 0 bridgehead atoms. The van der Waals surface area contributed by atoms with Crippen molar-refractivity contribution in [1.29, 1.82) is 0 Å². The first-order valence-corrected chi connectivity index (χ1v) is 9.14. The van der Waals surface area contributed by atoms with Crippen LogP contribution >= 0.6 is 0 Å². The van der Waals surface area contributed by atoms with Crippen LogP contribution in [-0.2, 0) is 11.3 Å². The van der Waals surface area contributed by atoms with Gasteiger partial charge in [-0.2, -0.15) is 10.1 Å². The third-order valence-corrected chi connectivity index (χ3v) is 4.37. The van der Waals surface area contributed by atoms with Gasteiger partial charge in [-0.15, -0.1) is 0 Å². The van der Waals surface area contributed by atoms with Gasteiger partial charge in [-0.25, -0.2) is 9.67 Å². The Hall–Kier alpha value is -3.62. The fraction of sp³-hybridized carbons (Fsp3) is 0.300. The molecule has 0 aliphatic carbocycles. The number of carbonyl (C=O) groups is 1. The summed E-state index contributed by atoms with van der Waals surface area (Å²) in [5.74, 6) is 1.89. The van der Waals surface area contributed by atoms with E-state index < -0.39 is 0 Å². The molecule has 9 nitrogen and oxygen atoms in total. The van der Waals surface area contributed by atoms with Gasteiger partial charge in [0.1, 0.15) is 17.3 Å². The third-order valence-electron chi connectivity index (χ3n) is 4.37. The number of hydrogen-bond donors (Lipinski definition) is 2. The monoisotopic (exact) mass is 395 g/mol. The third kappa shape index (κ3) is 4.81. The summed E-state index contributed by atoms with van der Waals surface area (Å²) < 4.78 is 7.22. The summed E-state index contributed by atoms with van der Waals surface area (Å²) in [7, 11) is 5.17. The summed E-state index contributed by atoms with van der Waals surface area (Å²) in [5, 5.41) is 10.8. The average molecular weight is 395 g/mol. The molecule has 0 saturated heterocycles. The summed E-state index contributed by atoms with van der Waals surface area (Å²) in [6.07, 6.45) is 1.84. The Morgan fingerprint density at radius 3 is 2.72 bits per heavy atom. The molecule has 0 fully saturated rings. The first kappa shape index (κ1) is 20.1. The van der Waals surface area contributed by atoms with Crippen LogP contribution in [0.15, 0.2) is 36.5 Å². The van der Waals surface area contributed by atoms with Gasteiger partial charge in [0.05, 0.1) is 19.3 Å². The van der Waals surface area contributed by atoms with E-state index in [1.165, 1.54) is 6.92 Å². The summed E-state index contributed by atoms with van der Waals surface area (Å²) >= 11 is 0. The standard InChI is InChI=1S/C20H25N7O2/c1-13-10-19(21-3)24-20(22-13)23-15-6-7-18(29-5)17(11-15)27-9-8-16(25-27)12-26(4)14(2)28/h6-11H,12H2,1-5H3,(H2,21,22,23,24). The van der Waals surface area contributed by atoms with E-state index in [9.17, 15) is 4.79 Å². The first-order chi connectivity index (χ1) is 13.9. The van der Waals surface area contributed by atoms with Gasteiger partial charge in [0, 0.05) is 44.7 Å². The molecule has 152 valence electrons. The van der Waals surface area contributed by atoms with Crippen molar-refractivity contribution < 1.29 is 9.53 Å². The van der Waals surface area contributed by atoms with Gasteiger partial charge in [0.2, 0.25) is 11.9 Å². The van der Waals surface area contributed by atoms with Gasteiger partial charge < -0.3 is 20.3 Å². The lowest BCUT2D eigenvalue weighted by Gasteiger charge is -2.13. The number of benzene rings is 1. The van der Waals surface area contributed by atoms with E-state index >= 15 is 0 Å². The molecule has 2 aromatic heterocycles. The van der Waals surface area contributed by atoms with Crippen molar-refractivity contribution >= 4 is 23.4 Å². The second-order valence-electron chi connectivity index (χ2n) is 6.61. The molecule has 9 heteroatoms. The van der Waals surface area contributed by atoms with E-state index in [0.717, 1.165) is 28.6 Å². The smallest absolute Gasteiger partial charge is 0.229 e. The average Bonchev–Trinajstić information content (AvgIpc) is 3.15. The number of rotatable bonds is 7. The minimum atomic E-state index is -0.0116. The van der Waals surface area contributed by atoms with Crippen molar-refractivity contribution in [3.8, 4) is 11.4 Å². The van der Waals surface area contributed by atoms with E-state index in [2.05, 4.69) is 25.7 Å². The van der Waals surface area contributed by atoms with Crippen LogP contribution in [0.3, 0.4) is 0 Å². The molecule has 1 aromatic carbocycles. The van der Waals surface area contributed by atoms with Crippen molar-refractivity contribution in [1.82, 2.24) is 24.6 Å². The molecule has 3 aromatic rings. The first-order valence-electron chi connectivity index (χ1n) is 9.14. The number of anilines is 3. The van der Waals surface area contributed by atoms with E-state index in [-0.39, 0.29) is 5.91 Å². The summed E-state index contributed by atoms with van der Waals surface area (Å²) in [5.41, 5.74) is 3.19. The number of amides is 1. The zero-order chi connectivity index (χ0) is 21.0. The van der Waals surface area contributed by atoms with Crippen LogP contribution in [0.2, 0.25) is 0 Å². The molecule has 2 N–H and O–H groups in total. The van der Waals surface area contributed by atoms with Crippen molar-refractivity contribution in [3.05, 3.63) is 47.9 Å². The normalized spacial score (nSPS) is 10.5. The predicted molar refractivity (Wildman–Crippen MR) is 112 cm³/mol. The van der Waals surface area contributed by atoms with Crippen LogP contribution in [0.25, 0.3) is 5.69 Å². The molecule has 0 radical (unpaired) electrons. The van der Waals surface area contributed by atoms with Gasteiger partial charge in [-0.3, -0.25) is 4.79 Å². The van der Waals surface area contributed by atoms with Gasteiger partial charge in [0.25, 0.3) is 0 Å². The Labute approximate surface area is 169 Å². The zero-order valence-electron chi connectivity index (χ0n) is 17.2. The second-order valence-corrected chi connectivity index (χ2v) is 6.61. The van der Waals surface area contributed by atoms with Crippen molar-refractivity contribution in [2.45, 2.75) is 20.4 Å². The Morgan fingerprint density at radius 2 is 2.03 bits per heavy atom. The molecule has 0 aliphatic rings. The molecule has 0 unspecified atom stereocenters. The molecule has 0 spiro atoms. The quantitative estimate of drug-likeness (QED) is 0.635. The highest BCUT2D eigenvalue weighted by Gasteiger charge is 2.12. The Kier molecular flexibility index (Phi) is 5.96. The maximum atomic E-state index is 11.5. The van der Waals surface area contributed by atoms with E-state index in [4.69, 9.17) is 4.74 Å². The van der Waals surface area contributed by atoms with Crippen molar-refractivity contribution in [2.75, 3.05) is 31.8 Å². The largest absolute Gasteiger partial charge is 0.494 e. The summed E-state index contributed by atoms with van der Waals surface area (Å²) in [6.45, 7) is 3.88. The van der Waals surface area contributed by atoms with Crippen LogP contribution in [-0.4, -0.2) is 51.8 Å². The molecule has 29 heavy (non-hydrogen) atoms. The van der Waals surface area contributed by atoms with Crippen LogP contribution in [0.4, 0.5) is 17.5 Å². The summed E-state index contributed by atoms with van der Waals surface area (Å²) in [4.78, 5) is 21.9.